The number of amides is 1. The number of para-hydroxylation sites is 1. The van der Waals surface area contributed by atoms with Gasteiger partial charge in [-0.2, -0.15) is 0 Å². The molecule has 3 rings (SSSR count). The number of hydrogen-bond acceptors (Lipinski definition) is 3. The molecule has 4 heteroatoms. The molecule has 108 valence electrons. The van der Waals surface area contributed by atoms with Crippen LogP contribution < -0.4 is 4.90 Å². The van der Waals surface area contributed by atoms with Crippen LogP contribution in [-0.4, -0.2) is 42.7 Å². The fourth-order valence-electron chi connectivity index (χ4n) is 3.14. The second-order valence-corrected chi connectivity index (χ2v) is 6.98. The lowest BCUT2D eigenvalue weighted by Gasteiger charge is -2.34. The number of carbonyl (C=O) groups is 1. The monoisotopic (exact) mass is 290 g/mol. The van der Waals surface area contributed by atoms with Crippen molar-refractivity contribution in [2.45, 2.75) is 24.7 Å². The molecule has 0 N–H and O–H groups in total. The summed E-state index contributed by atoms with van der Waals surface area (Å²) in [7, 11) is 0. The van der Waals surface area contributed by atoms with Gasteiger partial charge in [-0.1, -0.05) is 19.1 Å². The first-order chi connectivity index (χ1) is 9.74. The standard InChI is InChI=1S/C16H22N2OS/c1-13-5-4-8-17(11-13)12-16(19)18-9-10-20-15-7-3-2-6-14(15)18/h2-3,6-7,13H,4-5,8-12H2,1H3. The summed E-state index contributed by atoms with van der Waals surface area (Å²) in [5.74, 6) is 1.98. The van der Waals surface area contributed by atoms with Gasteiger partial charge in [-0.15, -0.1) is 11.8 Å². The van der Waals surface area contributed by atoms with Crippen molar-refractivity contribution in [3.8, 4) is 0 Å². The Kier molecular flexibility index (Phi) is 4.32. The topological polar surface area (TPSA) is 23.6 Å². The molecule has 1 atom stereocenters. The third-order valence-electron chi connectivity index (χ3n) is 4.13. The summed E-state index contributed by atoms with van der Waals surface area (Å²) in [6.45, 7) is 5.83. The Balaban J connectivity index is 1.69. The maximum absolute atomic E-state index is 12.6. The predicted molar refractivity (Wildman–Crippen MR) is 84.4 cm³/mol. The predicted octanol–water partition coefficient (Wildman–Crippen LogP) is 2.86. The first kappa shape index (κ1) is 14.0. The highest BCUT2D eigenvalue weighted by molar-refractivity contribution is 7.99. The molecule has 0 saturated carbocycles. The van der Waals surface area contributed by atoms with E-state index in [4.69, 9.17) is 0 Å². The molecule has 2 heterocycles. The van der Waals surface area contributed by atoms with E-state index in [9.17, 15) is 4.79 Å². The maximum atomic E-state index is 12.6. The summed E-state index contributed by atoms with van der Waals surface area (Å²) in [4.78, 5) is 18.1. The van der Waals surface area contributed by atoms with Crippen LogP contribution in [0.2, 0.25) is 0 Å². The minimum Gasteiger partial charge on any atom is -0.309 e. The van der Waals surface area contributed by atoms with Gasteiger partial charge in [-0.25, -0.2) is 0 Å². The van der Waals surface area contributed by atoms with Crippen LogP contribution in [0.3, 0.4) is 0 Å². The number of rotatable bonds is 2. The molecule has 1 unspecified atom stereocenters. The molecule has 1 amide bonds. The van der Waals surface area contributed by atoms with Crippen molar-refractivity contribution in [1.29, 1.82) is 0 Å². The van der Waals surface area contributed by atoms with Crippen LogP contribution in [0.5, 0.6) is 0 Å². The van der Waals surface area contributed by atoms with E-state index in [1.807, 2.05) is 28.8 Å². The number of benzene rings is 1. The van der Waals surface area contributed by atoms with Gasteiger partial charge in [-0.05, 0) is 37.4 Å². The van der Waals surface area contributed by atoms with Crippen molar-refractivity contribution in [3.05, 3.63) is 24.3 Å². The molecule has 1 aromatic rings. The highest BCUT2D eigenvalue weighted by Gasteiger charge is 2.25. The fraction of sp³-hybridized carbons (Fsp3) is 0.562. The van der Waals surface area contributed by atoms with Crippen LogP contribution in [0.4, 0.5) is 5.69 Å². The highest BCUT2D eigenvalue weighted by Crippen LogP contribution is 2.34. The number of fused-ring (bicyclic) bond motifs is 1. The van der Waals surface area contributed by atoms with Gasteiger partial charge < -0.3 is 4.90 Å². The zero-order chi connectivity index (χ0) is 13.9. The summed E-state index contributed by atoms with van der Waals surface area (Å²) >= 11 is 1.85. The molecular formula is C16H22N2OS. The van der Waals surface area contributed by atoms with E-state index in [0.29, 0.717) is 6.54 Å². The molecule has 0 spiro atoms. The van der Waals surface area contributed by atoms with E-state index in [0.717, 1.165) is 37.0 Å². The lowest BCUT2D eigenvalue weighted by atomic mass is 10.0. The summed E-state index contributed by atoms with van der Waals surface area (Å²) in [5, 5.41) is 0. The minimum atomic E-state index is 0.256. The number of thioether (sulfide) groups is 1. The van der Waals surface area contributed by atoms with Crippen molar-refractivity contribution in [3.63, 3.8) is 0 Å². The Morgan fingerprint density at radius 3 is 3.05 bits per heavy atom. The van der Waals surface area contributed by atoms with Crippen LogP contribution >= 0.6 is 11.8 Å². The normalized spacial score (nSPS) is 23.4. The zero-order valence-electron chi connectivity index (χ0n) is 12.0. The SMILES string of the molecule is CC1CCCN(CC(=O)N2CCSc3ccccc32)C1. The van der Waals surface area contributed by atoms with Crippen molar-refractivity contribution in [1.82, 2.24) is 4.90 Å². The molecule has 3 nitrogen and oxygen atoms in total. The molecule has 0 radical (unpaired) electrons. The third kappa shape index (κ3) is 3.01. The van der Waals surface area contributed by atoms with Crippen LogP contribution in [0.1, 0.15) is 19.8 Å². The van der Waals surface area contributed by atoms with Crippen molar-refractivity contribution >= 4 is 23.4 Å². The first-order valence-corrected chi connectivity index (χ1v) is 8.47. The largest absolute Gasteiger partial charge is 0.309 e. The van der Waals surface area contributed by atoms with Gasteiger partial charge in [0.05, 0.1) is 12.2 Å². The highest BCUT2D eigenvalue weighted by atomic mass is 32.2. The van der Waals surface area contributed by atoms with Crippen LogP contribution in [-0.2, 0) is 4.79 Å². The van der Waals surface area contributed by atoms with E-state index in [1.54, 1.807) is 0 Å². The molecule has 0 bridgehead atoms. The minimum absolute atomic E-state index is 0.256. The second kappa shape index (κ2) is 6.19. The van der Waals surface area contributed by atoms with Gasteiger partial charge in [0.1, 0.15) is 0 Å². The van der Waals surface area contributed by atoms with Crippen LogP contribution in [0.25, 0.3) is 0 Å². The number of likely N-dealkylation sites (tertiary alicyclic amines) is 1. The summed E-state index contributed by atoms with van der Waals surface area (Å²) in [6, 6.07) is 8.25. The molecule has 1 saturated heterocycles. The number of carbonyl (C=O) groups excluding carboxylic acids is 1. The quantitative estimate of drug-likeness (QED) is 0.837. The first-order valence-electron chi connectivity index (χ1n) is 7.48. The van der Waals surface area contributed by atoms with Crippen molar-refractivity contribution < 1.29 is 4.79 Å². The second-order valence-electron chi connectivity index (χ2n) is 5.84. The lowest BCUT2D eigenvalue weighted by Crippen LogP contribution is -2.45. The third-order valence-corrected chi connectivity index (χ3v) is 5.17. The van der Waals surface area contributed by atoms with Crippen LogP contribution in [0, 0.1) is 5.92 Å². The van der Waals surface area contributed by atoms with Crippen LogP contribution in [0.15, 0.2) is 29.2 Å². The summed E-state index contributed by atoms with van der Waals surface area (Å²) in [6.07, 6.45) is 2.52. The van der Waals surface area contributed by atoms with E-state index in [-0.39, 0.29) is 5.91 Å². The van der Waals surface area contributed by atoms with Gasteiger partial charge in [0, 0.05) is 23.7 Å². The number of hydrogen-bond donors (Lipinski definition) is 0. The molecule has 2 aliphatic rings. The van der Waals surface area contributed by atoms with Gasteiger partial charge in [-0.3, -0.25) is 9.69 Å². The average Bonchev–Trinajstić information content (AvgIpc) is 2.46. The van der Waals surface area contributed by atoms with E-state index >= 15 is 0 Å². The van der Waals surface area contributed by atoms with E-state index in [1.165, 1.54) is 17.7 Å². The smallest absolute Gasteiger partial charge is 0.241 e. The van der Waals surface area contributed by atoms with Gasteiger partial charge >= 0.3 is 0 Å². The Morgan fingerprint density at radius 1 is 1.35 bits per heavy atom. The Bertz CT molecular complexity index is 491. The fourth-order valence-corrected chi connectivity index (χ4v) is 4.13. The van der Waals surface area contributed by atoms with E-state index in [2.05, 4.69) is 24.0 Å². The molecule has 0 aliphatic carbocycles. The average molecular weight is 290 g/mol. The lowest BCUT2D eigenvalue weighted by molar-refractivity contribution is -0.120. The molecule has 0 aromatic heterocycles. The molecular weight excluding hydrogens is 268 g/mol. The van der Waals surface area contributed by atoms with Gasteiger partial charge in [0.2, 0.25) is 5.91 Å². The van der Waals surface area contributed by atoms with Crippen molar-refractivity contribution in [2.75, 3.05) is 36.8 Å². The van der Waals surface area contributed by atoms with E-state index < -0.39 is 0 Å². The Hall–Kier alpha value is -1.00. The maximum Gasteiger partial charge on any atom is 0.241 e. The summed E-state index contributed by atoms with van der Waals surface area (Å²) in [5.41, 5.74) is 1.10. The number of nitrogens with zero attached hydrogens (tertiary/aromatic N) is 2. The summed E-state index contributed by atoms with van der Waals surface area (Å²) < 4.78 is 0. The Morgan fingerprint density at radius 2 is 2.20 bits per heavy atom. The van der Waals surface area contributed by atoms with Crippen molar-refractivity contribution in [2.24, 2.45) is 5.92 Å². The van der Waals surface area contributed by atoms with Gasteiger partial charge in [0.25, 0.3) is 0 Å². The molecule has 1 fully saturated rings. The number of piperidine rings is 1. The number of anilines is 1. The molecule has 1 aromatic carbocycles. The molecule has 2 aliphatic heterocycles. The Labute approximate surface area is 125 Å². The molecule has 20 heavy (non-hydrogen) atoms. The van der Waals surface area contributed by atoms with Gasteiger partial charge in [0.15, 0.2) is 0 Å². The zero-order valence-corrected chi connectivity index (χ0v) is 12.9.